The van der Waals surface area contributed by atoms with Crippen LogP contribution >= 0.6 is 0 Å². The smallest absolute Gasteiger partial charge is 0.256 e. The number of hydrogen-bond acceptors (Lipinski definition) is 3. The Hall–Kier alpha value is -2.89. The SMILES string of the molecule is O=C(c1cc2ccccn2c1)N1C2CC1CN(c1ccnc(F)c1)C2. The van der Waals surface area contributed by atoms with Crippen LogP contribution in [0.4, 0.5) is 10.1 Å². The van der Waals surface area contributed by atoms with E-state index in [9.17, 15) is 9.18 Å². The van der Waals surface area contributed by atoms with Gasteiger partial charge < -0.3 is 14.2 Å². The number of halogens is 1. The molecule has 0 spiro atoms. The molecule has 5 nitrogen and oxygen atoms in total. The number of piperidine rings is 1. The summed E-state index contributed by atoms with van der Waals surface area (Å²) in [6.07, 6.45) is 6.34. The molecule has 1 amide bonds. The monoisotopic (exact) mass is 336 g/mol. The molecule has 0 aromatic carbocycles. The molecule has 3 saturated heterocycles. The maximum atomic E-state index is 13.4. The summed E-state index contributed by atoms with van der Waals surface area (Å²) in [4.78, 5) is 20.7. The van der Waals surface area contributed by atoms with Gasteiger partial charge in [-0.25, -0.2) is 4.98 Å². The highest BCUT2D eigenvalue weighted by Gasteiger charge is 2.47. The van der Waals surface area contributed by atoms with Crippen molar-refractivity contribution in [2.24, 2.45) is 0 Å². The fraction of sp³-hybridized carbons (Fsp3) is 0.263. The number of aromatic nitrogens is 2. The predicted octanol–water partition coefficient (Wildman–Crippen LogP) is 2.58. The van der Waals surface area contributed by atoms with Crippen molar-refractivity contribution in [2.75, 3.05) is 18.0 Å². The largest absolute Gasteiger partial charge is 0.367 e. The first-order valence-corrected chi connectivity index (χ1v) is 8.45. The van der Waals surface area contributed by atoms with Crippen LogP contribution in [0.1, 0.15) is 16.8 Å². The van der Waals surface area contributed by atoms with Crippen LogP contribution in [0.25, 0.3) is 5.52 Å². The third-order valence-corrected chi connectivity index (χ3v) is 5.25. The molecule has 0 aliphatic carbocycles. The molecule has 3 aromatic rings. The van der Waals surface area contributed by atoms with Crippen LogP contribution < -0.4 is 4.90 Å². The fourth-order valence-corrected chi connectivity index (χ4v) is 4.06. The molecule has 126 valence electrons. The number of nitrogens with zero attached hydrogens (tertiary/aromatic N) is 4. The van der Waals surface area contributed by atoms with Gasteiger partial charge in [0.15, 0.2) is 0 Å². The molecule has 6 rings (SSSR count). The van der Waals surface area contributed by atoms with Gasteiger partial charge >= 0.3 is 0 Å². The first-order valence-electron chi connectivity index (χ1n) is 8.45. The lowest BCUT2D eigenvalue weighted by Crippen LogP contribution is -2.70. The van der Waals surface area contributed by atoms with E-state index in [0.717, 1.165) is 36.3 Å². The molecule has 3 fully saturated rings. The van der Waals surface area contributed by atoms with Gasteiger partial charge in [0.05, 0.1) is 17.6 Å². The van der Waals surface area contributed by atoms with Crippen molar-refractivity contribution >= 4 is 17.1 Å². The molecular formula is C19H17FN4O. The molecule has 2 bridgehead atoms. The van der Waals surface area contributed by atoms with E-state index in [2.05, 4.69) is 9.88 Å². The van der Waals surface area contributed by atoms with Gasteiger partial charge in [0, 0.05) is 49.0 Å². The zero-order valence-corrected chi connectivity index (χ0v) is 13.5. The summed E-state index contributed by atoms with van der Waals surface area (Å²) in [5, 5.41) is 0. The summed E-state index contributed by atoms with van der Waals surface area (Å²) in [5.74, 6) is -0.379. The minimum atomic E-state index is -0.467. The summed E-state index contributed by atoms with van der Waals surface area (Å²) < 4.78 is 15.3. The average Bonchev–Trinajstić information content (AvgIpc) is 3.06. The van der Waals surface area contributed by atoms with Crippen molar-refractivity contribution in [1.29, 1.82) is 0 Å². The Morgan fingerprint density at radius 2 is 2.00 bits per heavy atom. The van der Waals surface area contributed by atoms with E-state index in [0.29, 0.717) is 0 Å². The van der Waals surface area contributed by atoms with Gasteiger partial charge in [-0.2, -0.15) is 4.39 Å². The van der Waals surface area contributed by atoms with Crippen LogP contribution in [0.15, 0.2) is 55.0 Å². The highest BCUT2D eigenvalue weighted by molar-refractivity contribution is 5.96. The lowest BCUT2D eigenvalue weighted by molar-refractivity contribution is 0.00593. The van der Waals surface area contributed by atoms with E-state index >= 15 is 0 Å². The molecule has 6 heterocycles. The summed E-state index contributed by atoms with van der Waals surface area (Å²) in [6, 6.07) is 11.5. The quantitative estimate of drug-likeness (QED) is 0.676. The number of piperazine rings is 1. The number of fused-ring (bicyclic) bond motifs is 3. The van der Waals surface area contributed by atoms with Crippen molar-refractivity contribution < 1.29 is 9.18 Å². The Balaban J connectivity index is 1.36. The van der Waals surface area contributed by atoms with Crippen LogP contribution in [0.2, 0.25) is 0 Å². The number of carbonyl (C=O) groups is 1. The minimum absolute atomic E-state index is 0.0884. The summed E-state index contributed by atoms with van der Waals surface area (Å²) in [6.45, 7) is 1.47. The van der Waals surface area contributed by atoms with Gasteiger partial charge in [-0.15, -0.1) is 0 Å². The zero-order chi connectivity index (χ0) is 17.0. The van der Waals surface area contributed by atoms with Crippen molar-refractivity contribution in [3.05, 3.63) is 66.5 Å². The normalized spacial score (nSPS) is 22.1. The van der Waals surface area contributed by atoms with Gasteiger partial charge in [0.1, 0.15) is 0 Å². The van der Waals surface area contributed by atoms with Crippen LogP contribution in [-0.2, 0) is 0 Å². The van der Waals surface area contributed by atoms with Gasteiger partial charge in [-0.3, -0.25) is 4.79 Å². The molecular weight excluding hydrogens is 319 g/mol. The highest BCUT2D eigenvalue weighted by atomic mass is 19.1. The van der Waals surface area contributed by atoms with E-state index in [4.69, 9.17) is 0 Å². The molecule has 3 aliphatic heterocycles. The van der Waals surface area contributed by atoms with Crippen LogP contribution in [-0.4, -0.2) is 45.4 Å². The van der Waals surface area contributed by atoms with Gasteiger partial charge in [-0.1, -0.05) is 6.07 Å². The van der Waals surface area contributed by atoms with E-state index in [1.165, 1.54) is 12.3 Å². The third-order valence-electron chi connectivity index (χ3n) is 5.25. The lowest BCUT2D eigenvalue weighted by atomic mass is 9.86. The van der Waals surface area contributed by atoms with E-state index < -0.39 is 5.95 Å². The van der Waals surface area contributed by atoms with Crippen molar-refractivity contribution in [2.45, 2.75) is 18.5 Å². The van der Waals surface area contributed by atoms with Gasteiger partial charge in [0.25, 0.3) is 5.91 Å². The summed E-state index contributed by atoms with van der Waals surface area (Å²) >= 11 is 0. The molecule has 3 aliphatic rings. The first kappa shape index (κ1) is 14.5. The second-order valence-electron chi connectivity index (χ2n) is 6.76. The number of pyridine rings is 2. The standard InChI is InChI=1S/C19H17FN4O/c20-18-9-15(4-5-21-18)23-11-16-8-17(12-23)24(16)19(25)13-7-14-3-1-2-6-22(14)10-13/h1-7,9-10,16-17H,8,11-12H2. The molecule has 3 aromatic heterocycles. The molecule has 0 radical (unpaired) electrons. The molecule has 2 atom stereocenters. The molecule has 6 heteroatoms. The maximum Gasteiger partial charge on any atom is 0.256 e. The third kappa shape index (κ3) is 2.28. The van der Waals surface area contributed by atoms with Crippen molar-refractivity contribution in [3.8, 4) is 0 Å². The van der Waals surface area contributed by atoms with E-state index in [-0.39, 0.29) is 18.0 Å². The van der Waals surface area contributed by atoms with E-state index in [1.54, 1.807) is 0 Å². The number of rotatable bonds is 2. The summed E-state index contributed by atoms with van der Waals surface area (Å²) in [7, 11) is 0. The Bertz CT molecular complexity index is 924. The number of anilines is 1. The number of hydrogen-bond donors (Lipinski definition) is 0. The molecule has 2 unspecified atom stereocenters. The highest BCUT2D eigenvalue weighted by Crippen LogP contribution is 2.36. The fourth-order valence-electron chi connectivity index (χ4n) is 4.06. The van der Waals surface area contributed by atoms with Crippen LogP contribution in [0.3, 0.4) is 0 Å². The second kappa shape index (κ2) is 5.31. The van der Waals surface area contributed by atoms with Gasteiger partial charge in [-0.05, 0) is 30.7 Å². The van der Waals surface area contributed by atoms with Crippen LogP contribution in [0, 0.1) is 5.95 Å². The summed E-state index contributed by atoms with van der Waals surface area (Å²) in [5.41, 5.74) is 2.58. The molecule has 0 saturated carbocycles. The van der Waals surface area contributed by atoms with E-state index in [1.807, 2.05) is 52.0 Å². The molecule has 25 heavy (non-hydrogen) atoms. The van der Waals surface area contributed by atoms with Crippen molar-refractivity contribution in [1.82, 2.24) is 14.3 Å². The second-order valence-corrected chi connectivity index (χ2v) is 6.76. The zero-order valence-electron chi connectivity index (χ0n) is 13.5. The first-order chi connectivity index (χ1) is 12.2. The minimum Gasteiger partial charge on any atom is -0.367 e. The average molecular weight is 336 g/mol. The molecule has 0 N–H and O–H groups in total. The van der Waals surface area contributed by atoms with Crippen molar-refractivity contribution in [3.63, 3.8) is 0 Å². The Morgan fingerprint density at radius 3 is 2.76 bits per heavy atom. The number of amides is 1. The van der Waals surface area contributed by atoms with Crippen LogP contribution in [0.5, 0.6) is 0 Å². The van der Waals surface area contributed by atoms with Gasteiger partial charge in [0.2, 0.25) is 5.95 Å². The topological polar surface area (TPSA) is 40.9 Å². The Labute approximate surface area is 144 Å². The maximum absolute atomic E-state index is 13.4. The lowest BCUT2D eigenvalue weighted by Gasteiger charge is -2.56. The number of carbonyl (C=O) groups excluding carboxylic acids is 1. The Morgan fingerprint density at radius 1 is 1.16 bits per heavy atom. The predicted molar refractivity (Wildman–Crippen MR) is 92.2 cm³/mol. The Kier molecular flexibility index (Phi) is 3.07.